The van der Waals surface area contributed by atoms with Crippen LogP contribution in [0.2, 0.25) is 5.02 Å². The van der Waals surface area contributed by atoms with Gasteiger partial charge in [0.25, 0.3) is 0 Å². The molecule has 1 aromatic heterocycles. The second kappa shape index (κ2) is 10.3. The molecule has 10 heteroatoms. The van der Waals surface area contributed by atoms with Crippen molar-refractivity contribution >= 4 is 17.4 Å². The standard InChI is InChI=1S/C27H29ClF3N3O3/c1-25(2,3)18-14-16(9-11-20(18)37-6)22-32-23(34-24(36)33-22)17-13-15(7-10-19(17)28)8-12-21(35)26(4,5)27(29,30)31/h7,9-11,13-14H,8,12H2,1-6H3,(H,32,33,34,36). The number of benzene rings is 2. The van der Waals surface area contributed by atoms with Crippen molar-refractivity contribution in [1.29, 1.82) is 0 Å². The maximum absolute atomic E-state index is 13.2. The third-order valence-corrected chi connectivity index (χ3v) is 6.58. The lowest BCUT2D eigenvalue weighted by molar-refractivity contribution is -0.210. The first-order valence-corrected chi connectivity index (χ1v) is 12.0. The second-order valence-corrected chi connectivity index (χ2v) is 10.8. The van der Waals surface area contributed by atoms with Gasteiger partial charge in [-0.15, -0.1) is 0 Å². The molecular weight excluding hydrogens is 507 g/mol. The Morgan fingerprint density at radius 1 is 1.03 bits per heavy atom. The van der Waals surface area contributed by atoms with Gasteiger partial charge in [-0.2, -0.15) is 18.2 Å². The van der Waals surface area contributed by atoms with Gasteiger partial charge in [-0.1, -0.05) is 38.4 Å². The van der Waals surface area contributed by atoms with E-state index in [0.29, 0.717) is 22.4 Å². The van der Waals surface area contributed by atoms with Gasteiger partial charge >= 0.3 is 11.9 Å². The van der Waals surface area contributed by atoms with Crippen LogP contribution in [0, 0.1) is 5.41 Å². The Bertz CT molecular complexity index is 1380. The number of aromatic amines is 1. The van der Waals surface area contributed by atoms with Gasteiger partial charge in [0.1, 0.15) is 22.8 Å². The fourth-order valence-electron chi connectivity index (χ4n) is 3.71. The van der Waals surface area contributed by atoms with E-state index in [1.807, 2.05) is 26.8 Å². The highest BCUT2D eigenvalue weighted by Gasteiger charge is 2.51. The molecule has 0 aliphatic carbocycles. The molecule has 2 aromatic carbocycles. The van der Waals surface area contributed by atoms with Gasteiger partial charge in [0.2, 0.25) is 0 Å². The number of Topliss-reactive ketones (excluding diaryl/α,β-unsaturated/α-hetero) is 1. The number of ether oxygens (including phenoxy) is 1. The number of carbonyl (C=O) groups excluding carboxylic acids is 1. The number of hydrogen-bond donors (Lipinski definition) is 1. The minimum Gasteiger partial charge on any atom is -0.496 e. The average Bonchev–Trinajstić information content (AvgIpc) is 2.81. The fraction of sp³-hybridized carbons (Fsp3) is 0.407. The molecule has 6 nitrogen and oxygen atoms in total. The molecule has 3 rings (SSSR count). The van der Waals surface area contributed by atoms with E-state index in [1.165, 1.54) is 0 Å². The molecule has 0 saturated heterocycles. The summed E-state index contributed by atoms with van der Waals surface area (Å²) >= 11 is 6.39. The van der Waals surface area contributed by atoms with Crippen molar-refractivity contribution in [3.8, 4) is 28.5 Å². The number of methoxy groups -OCH3 is 1. The number of carbonyl (C=O) groups is 1. The van der Waals surface area contributed by atoms with Crippen LogP contribution in [0.1, 0.15) is 52.2 Å². The summed E-state index contributed by atoms with van der Waals surface area (Å²) in [7, 11) is 1.58. The van der Waals surface area contributed by atoms with Crippen LogP contribution in [0.4, 0.5) is 13.2 Å². The van der Waals surface area contributed by atoms with Crippen molar-refractivity contribution in [1.82, 2.24) is 15.0 Å². The van der Waals surface area contributed by atoms with Gasteiger partial charge in [0.15, 0.2) is 5.82 Å². The Morgan fingerprint density at radius 3 is 2.30 bits per heavy atom. The minimum atomic E-state index is -4.64. The number of aryl methyl sites for hydroxylation is 1. The highest BCUT2D eigenvalue weighted by molar-refractivity contribution is 6.33. The minimum absolute atomic E-state index is 0.0676. The number of rotatable bonds is 7. The van der Waals surface area contributed by atoms with Crippen LogP contribution in [0.5, 0.6) is 5.75 Å². The van der Waals surface area contributed by atoms with Crippen LogP contribution in [-0.4, -0.2) is 34.0 Å². The quantitative estimate of drug-likeness (QED) is 0.371. The molecule has 37 heavy (non-hydrogen) atoms. The summed E-state index contributed by atoms with van der Waals surface area (Å²) in [6.07, 6.45) is -4.88. The van der Waals surface area contributed by atoms with E-state index in [-0.39, 0.29) is 34.9 Å². The molecule has 0 atom stereocenters. The molecule has 0 spiro atoms. The Balaban J connectivity index is 1.98. The lowest BCUT2D eigenvalue weighted by Gasteiger charge is -2.26. The molecule has 1 N–H and O–H groups in total. The molecule has 0 aliphatic rings. The number of nitrogens with one attached hydrogen (secondary N) is 1. The smallest absolute Gasteiger partial charge is 0.400 e. The summed E-state index contributed by atoms with van der Waals surface area (Å²) in [6, 6.07) is 10.2. The van der Waals surface area contributed by atoms with E-state index < -0.39 is 23.1 Å². The van der Waals surface area contributed by atoms with E-state index in [9.17, 15) is 22.8 Å². The summed E-state index contributed by atoms with van der Waals surface area (Å²) in [4.78, 5) is 35.8. The first kappa shape index (κ1) is 28.4. The van der Waals surface area contributed by atoms with Gasteiger partial charge in [-0.25, -0.2) is 9.78 Å². The van der Waals surface area contributed by atoms with Gasteiger partial charge < -0.3 is 4.74 Å². The average molecular weight is 536 g/mol. The number of ketones is 1. The van der Waals surface area contributed by atoms with Crippen molar-refractivity contribution in [3.05, 3.63) is 63.0 Å². The lowest BCUT2D eigenvalue weighted by Crippen LogP contribution is -2.39. The number of aromatic nitrogens is 3. The predicted octanol–water partition coefficient (Wildman–Crippen LogP) is 6.55. The number of H-pyrrole nitrogens is 1. The van der Waals surface area contributed by atoms with E-state index in [1.54, 1.807) is 37.4 Å². The summed E-state index contributed by atoms with van der Waals surface area (Å²) in [6.45, 7) is 7.85. The third kappa shape index (κ3) is 6.21. The molecule has 3 aromatic rings. The first-order valence-electron chi connectivity index (χ1n) is 11.6. The number of alkyl halides is 3. The van der Waals surface area contributed by atoms with Crippen LogP contribution in [-0.2, 0) is 16.6 Å². The Hall–Kier alpha value is -3.20. The molecule has 0 bridgehead atoms. The van der Waals surface area contributed by atoms with Gasteiger partial charge in [0.05, 0.1) is 12.1 Å². The van der Waals surface area contributed by atoms with Crippen LogP contribution in [0.25, 0.3) is 22.8 Å². The lowest BCUT2D eigenvalue weighted by atomic mass is 9.84. The predicted molar refractivity (Wildman–Crippen MR) is 137 cm³/mol. The zero-order valence-electron chi connectivity index (χ0n) is 21.5. The first-order chi connectivity index (χ1) is 17.0. The largest absolute Gasteiger partial charge is 0.496 e. The second-order valence-electron chi connectivity index (χ2n) is 10.4. The Kier molecular flexibility index (Phi) is 7.88. The number of hydrogen-bond acceptors (Lipinski definition) is 5. The van der Waals surface area contributed by atoms with Crippen molar-refractivity contribution in [2.45, 2.75) is 59.1 Å². The van der Waals surface area contributed by atoms with Crippen molar-refractivity contribution < 1.29 is 22.7 Å². The molecule has 0 radical (unpaired) electrons. The van der Waals surface area contributed by atoms with E-state index in [4.69, 9.17) is 16.3 Å². The number of nitrogens with zero attached hydrogens (tertiary/aromatic N) is 2. The van der Waals surface area contributed by atoms with Gasteiger partial charge in [0, 0.05) is 23.1 Å². The van der Waals surface area contributed by atoms with Crippen LogP contribution in [0.3, 0.4) is 0 Å². The SMILES string of the molecule is COc1ccc(-c2nc(-c3cc(CCC(=O)C(C)(C)C(F)(F)F)ccc3Cl)[nH]c(=O)n2)cc1C(C)(C)C. The van der Waals surface area contributed by atoms with Crippen LogP contribution in [0.15, 0.2) is 41.2 Å². The summed E-state index contributed by atoms with van der Waals surface area (Å²) < 4.78 is 45.1. The topological polar surface area (TPSA) is 84.9 Å². The van der Waals surface area contributed by atoms with E-state index in [2.05, 4.69) is 15.0 Å². The molecular formula is C27H29ClF3N3O3. The molecule has 1 heterocycles. The van der Waals surface area contributed by atoms with Gasteiger partial charge in [-0.05, 0) is 61.6 Å². The highest BCUT2D eigenvalue weighted by Crippen LogP contribution is 2.39. The van der Waals surface area contributed by atoms with Crippen LogP contribution >= 0.6 is 11.6 Å². The van der Waals surface area contributed by atoms with Gasteiger partial charge in [-0.3, -0.25) is 9.78 Å². The van der Waals surface area contributed by atoms with E-state index in [0.717, 1.165) is 19.4 Å². The normalized spacial score (nSPS) is 12.5. The summed E-state index contributed by atoms with van der Waals surface area (Å²) in [5.41, 5.74) is -0.884. The number of halogens is 4. The monoisotopic (exact) mass is 535 g/mol. The van der Waals surface area contributed by atoms with Crippen LogP contribution < -0.4 is 10.4 Å². The Morgan fingerprint density at radius 2 is 1.70 bits per heavy atom. The summed E-state index contributed by atoms with van der Waals surface area (Å²) in [5.74, 6) is 0.107. The highest BCUT2D eigenvalue weighted by atomic mass is 35.5. The summed E-state index contributed by atoms with van der Waals surface area (Å²) in [5, 5.41) is 0.274. The van der Waals surface area contributed by atoms with E-state index >= 15 is 0 Å². The molecule has 0 unspecified atom stereocenters. The van der Waals surface area contributed by atoms with Crippen molar-refractivity contribution in [2.24, 2.45) is 5.41 Å². The van der Waals surface area contributed by atoms with Crippen molar-refractivity contribution in [2.75, 3.05) is 7.11 Å². The maximum atomic E-state index is 13.2. The molecule has 0 fully saturated rings. The molecule has 198 valence electrons. The zero-order valence-corrected chi connectivity index (χ0v) is 22.3. The molecule has 0 saturated carbocycles. The molecule has 0 amide bonds. The maximum Gasteiger partial charge on any atom is 0.400 e. The fourth-order valence-corrected chi connectivity index (χ4v) is 3.92. The molecule has 0 aliphatic heterocycles. The van der Waals surface area contributed by atoms with Crippen molar-refractivity contribution in [3.63, 3.8) is 0 Å². The Labute approximate surface area is 218 Å². The third-order valence-electron chi connectivity index (χ3n) is 6.25. The zero-order chi connectivity index (χ0) is 27.8.